The van der Waals surface area contributed by atoms with E-state index in [1.165, 1.54) is 11.8 Å². The Morgan fingerprint density at radius 2 is 2.00 bits per heavy atom. The zero-order valence-electron chi connectivity index (χ0n) is 9.84. The van der Waals surface area contributed by atoms with Crippen LogP contribution in [-0.2, 0) is 0 Å². The molecule has 0 amide bonds. The number of hydrogen-bond acceptors (Lipinski definition) is 6. The molecule has 6 heteroatoms. The van der Waals surface area contributed by atoms with Crippen molar-refractivity contribution in [2.75, 3.05) is 17.3 Å². The van der Waals surface area contributed by atoms with Crippen molar-refractivity contribution in [2.45, 2.75) is 5.16 Å². The first kappa shape index (κ1) is 12.4. The molecule has 1 heterocycles. The van der Waals surface area contributed by atoms with Gasteiger partial charge in [0.15, 0.2) is 5.16 Å². The molecule has 2 aromatic rings. The van der Waals surface area contributed by atoms with Crippen LogP contribution in [0.15, 0.2) is 35.5 Å². The molecule has 0 saturated heterocycles. The van der Waals surface area contributed by atoms with Gasteiger partial charge in [-0.05, 0) is 18.4 Å². The molecule has 2 rings (SSSR count). The van der Waals surface area contributed by atoms with E-state index >= 15 is 0 Å². The lowest BCUT2D eigenvalue weighted by atomic mass is 10.2. The van der Waals surface area contributed by atoms with Crippen LogP contribution in [0.5, 0.6) is 0 Å². The van der Waals surface area contributed by atoms with Gasteiger partial charge in [-0.15, -0.1) is 0 Å². The molecule has 0 aliphatic rings. The third kappa shape index (κ3) is 2.60. The van der Waals surface area contributed by atoms with Gasteiger partial charge in [-0.3, -0.25) is 0 Å². The number of nitrogens with two attached hydrogens (primary N) is 1. The van der Waals surface area contributed by atoms with Crippen LogP contribution >= 0.6 is 11.8 Å². The van der Waals surface area contributed by atoms with E-state index in [2.05, 4.69) is 15.3 Å². The Bertz CT molecular complexity index is 556. The molecule has 0 radical (unpaired) electrons. The number of nitrogens with one attached hydrogen (secondary N) is 2. The first-order valence-electron chi connectivity index (χ1n) is 5.28. The molecule has 18 heavy (non-hydrogen) atoms. The molecule has 1 aromatic heterocycles. The normalized spacial score (nSPS) is 10.1. The van der Waals surface area contributed by atoms with Crippen molar-refractivity contribution in [1.29, 1.82) is 5.41 Å². The van der Waals surface area contributed by atoms with E-state index in [1.807, 2.05) is 36.6 Å². The highest BCUT2D eigenvalue weighted by Crippen LogP contribution is 2.23. The van der Waals surface area contributed by atoms with E-state index in [-0.39, 0.29) is 0 Å². The molecule has 0 bridgehead atoms. The fraction of sp³-hybridized carbons (Fsp3) is 0.0833. The first-order valence-corrected chi connectivity index (χ1v) is 6.51. The van der Waals surface area contributed by atoms with Crippen LogP contribution in [0.2, 0.25) is 0 Å². The Hall–Kier alpha value is -2.08. The highest BCUT2D eigenvalue weighted by molar-refractivity contribution is 7.98. The zero-order valence-corrected chi connectivity index (χ0v) is 10.7. The Morgan fingerprint density at radius 1 is 1.28 bits per heavy atom. The van der Waals surface area contributed by atoms with E-state index in [1.54, 1.807) is 0 Å². The molecule has 5 nitrogen and oxygen atoms in total. The molecule has 0 aliphatic heterocycles. The summed E-state index contributed by atoms with van der Waals surface area (Å²) in [6.07, 6.45) is 3.04. The van der Waals surface area contributed by atoms with Gasteiger partial charge in [0.05, 0.1) is 5.56 Å². The van der Waals surface area contributed by atoms with E-state index in [0.29, 0.717) is 22.4 Å². The lowest BCUT2D eigenvalue weighted by molar-refractivity contribution is 0.981. The van der Waals surface area contributed by atoms with Crippen LogP contribution in [0.1, 0.15) is 5.56 Å². The molecular formula is C12H13N5S. The van der Waals surface area contributed by atoms with Crippen molar-refractivity contribution in [3.8, 4) is 0 Å². The molecule has 0 atom stereocenters. The summed E-state index contributed by atoms with van der Waals surface area (Å²) in [6.45, 7) is 0. The average Bonchev–Trinajstić information content (AvgIpc) is 2.39. The lowest BCUT2D eigenvalue weighted by Gasteiger charge is -2.10. The van der Waals surface area contributed by atoms with Crippen molar-refractivity contribution in [1.82, 2.24) is 9.97 Å². The van der Waals surface area contributed by atoms with Crippen LogP contribution in [0.3, 0.4) is 0 Å². The Morgan fingerprint density at radius 3 is 2.61 bits per heavy atom. The van der Waals surface area contributed by atoms with Crippen LogP contribution < -0.4 is 11.1 Å². The summed E-state index contributed by atoms with van der Waals surface area (Å²) < 4.78 is 0. The smallest absolute Gasteiger partial charge is 0.191 e. The summed E-state index contributed by atoms with van der Waals surface area (Å²) in [7, 11) is 0. The second-order valence-corrected chi connectivity index (χ2v) is 4.27. The molecule has 0 saturated carbocycles. The number of anilines is 3. The number of rotatable bonds is 4. The summed E-state index contributed by atoms with van der Waals surface area (Å²) in [4.78, 5) is 8.43. The van der Waals surface area contributed by atoms with Crippen molar-refractivity contribution < 1.29 is 0 Å². The molecule has 4 N–H and O–H groups in total. The molecule has 0 aliphatic carbocycles. The molecular weight excluding hydrogens is 246 g/mol. The van der Waals surface area contributed by atoms with E-state index in [9.17, 15) is 0 Å². The first-order chi connectivity index (χ1) is 8.74. The Kier molecular flexibility index (Phi) is 3.78. The van der Waals surface area contributed by atoms with Crippen LogP contribution in [0.4, 0.5) is 17.3 Å². The minimum atomic E-state index is 0.308. The van der Waals surface area contributed by atoms with E-state index in [0.717, 1.165) is 11.9 Å². The van der Waals surface area contributed by atoms with Gasteiger partial charge >= 0.3 is 0 Å². The third-order valence-electron chi connectivity index (χ3n) is 2.32. The number of benzene rings is 1. The quantitative estimate of drug-likeness (QED) is 0.446. The second-order valence-electron chi connectivity index (χ2n) is 3.49. The topological polar surface area (TPSA) is 87.7 Å². The van der Waals surface area contributed by atoms with Crippen molar-refractivity contribution in [3.63, 3.8) is 0 Å². The van der Waals surface area contributed by atoms with Gasteiger partial charge < -0.3 is 16.5 Å². The fourth-order valence-corrected chi connectivity index (χ4v) is 1.82. The minimum absolute atomic E-state index is 0.308. The summed E-state index contributed by atoms with van der Waals surface area (Å²) in [5.41, 5.74) is 7.20. The largest absolute Gasteiger partial charge is 0.383 e. The van der Waals surface area contributed by atoms with Gasteiger partial charge in [-0.2, -0.15) is 0 Å². The second kappa shape index (κ2) is 5.50. The van der Waals surface area contributed by atoms with E-state index < -0.39 is 0 Å². The number of thioether (sulfide) groups is 1. The Balaban J connectivity index is 2.42. The zero-order chi connectivity index (χ0) is 13.0. The van der Waals surface area contributed by atoms with Crippen molar-refractivity contribution in [2.24, 2.45) is 0 Å². The van der Waals surface area contributed by atoms with Gasteiger partial charge in [-0.25, -0.2) is 9.97 Å². The summed E-state index contributed by atoms with van der Waals surface area (Å²) >= 11 is 1.41. The number of nitrogen functional groups attached to an aromatic ring is 1. The predicted molar refractivity (Wildman–Crippen MR) is 75.8 cm³/mol. The third-order valence-corrected chi connectivity index (χ3v) is 2.87. The summed E-state index contributed by atoms with van der Waals surface area (Å²) in [5, 5.41) is 11.1. The summed E-state index contributed by atoms with van der Waals surface area (Å²) in [5.74, 6) is 0.857. The van der Waals surface area contributed by atoms with Gasteiger partial charge in [0.25, 0.3) is 0 Å². The number of hydrogen-bond donors (Lipinski definition) is 3. The maximum Gasteiger partial charge on any atom is 0.191 e. The van der Waals surface area contributed by atoms with Crippen LogP contribution in [-0.4, -0.2) is 22.4 Å². The summed E-state index contributed by atoms with van der Waals surface area (Å²) in [6, 6.07) is 9.62. The number of para-hydroxylation sites is 1. The minimum Gasteiger partial charge on any atom is -0.383 e. The molecule has 0 unspecified atom stereocenters. The van der Waals surface area contributed by atoms with Gasteiger partial charge in [0.2, 0.25) is 0 Å². The molecule has 0 fully saturated rings. The highest BCUT2D eigenvalue weighted by atomic mass is 32.2. The van der Waals surface area contributed by atoms with Crippen LogP contribution in [0.25, 0.3) is 0 Å². The van der Waals surface area contributed by atoms with Crippen molar-refractivity contribution in [3.05, 3.63) is 35.9 Å². The van der Waals surface area contributed by atoms with Gasteiger partial charge in [-0.1, -0.05) is 30.0 Å². The predicted octanol–water partition coefficient (Wildman–Crippen LogP) is 2.52. The highest BCUT2D eigenvalue weighted by Gasteiger charge is 2.10. The molecule has 1 aromatic carbocycles. The van der Waals surface area contributed by atoms with Crippen LogP contribution in [0, 0.1) is 5.41 Å². The monoisotopic (exact) mass is 259 g/mol. The van der Waals surface area contributed by atoms with E-state index in [4.69, 9.17) is 11.1 Å². The standard InChI is InChI=1S/C12H13N5S/c1-18-12-16-10(14)9(7-13)11(17-12)15-8-5-3-2-4-6-8/h2-7,13H,1H3,(H3,14,15,16,17). The molecule has 92 valence electrons. The molecule has 0 spiro atoms. The van der Waals surface area contributed by atoms with Crippen molar-refractivity contribution >= 4 is 35.3 Å². The van der Waals surface area contributed by atoms with Gasteiger partial charge in [0.1, 0.15) is 11.6 Å². The SMILES string of the molecule is CSc1nc(N)c(C=N)c(Nc2ccccc2)n1. The fourth-order valence-electron chi connectivity index (χ4n) is 1.45. The maximum atomic E-state index is 7.39. The number of nitrogens with zero attached hydrogens (tertiary/aromatic N) is 2. The Labute approximate surface area is 109 Å². The number of aromatic nitrogens is 2. The average molecular weight is 259 g/mol. The maximum absolute atomic E-state index is 7.39. The lowest BCUT2D eigenvalue weighted by Crippen LogP contribution is -2.06. The van der Waals surface area contributed by atoms with Gasteiger partial charge in [0, 0.05) is 11.9 Å².